The second-order valence-corrected chi connectivity index (χ2v) is 3.82. The second-order valence-electron chi connectivity index (χ2n) is 3.82. The van der Waals surface area contributed by atoms with Crippen LogP contribution in [0.4, 0.5) is 17.6 Å². The standard InChI is InChI=1S/C12H8F4N2O2/c1-20-6-2-3-7(8(13)4-6)9-5-10(19)18-11(17-9)12(14,15)16/h2-5H,1H3,(H,17,18,19). The molecule has 0 saturated carbocycles. The summed E-state index contributed by atoms with van der Waals surface area (Å²) in [5.74, 6) is -2.11. The molecular weight excluding hydrogens is 280 g/mol. The number of nitrogens with zero attached hydrogens (tertiary/aromatic N) is 1. The largest absolute Gasteiger partial charge is 0.497 e. The van der Waals surface area contributed by atoms with Gasteiger partial charge in [-0.3, -0.25) is 4.79 Å². The maximum Gasteiger partial charge on any atom is 0.449 e. The molecule has 1 aromatic heterocycles. The van der Waals surface area contributed by atoms with Crippen molar-refractivity contribution in [2.45, 2.75) is 6.18 Å². The number of hydrogen-bond acceptors (Lipinski definition) is 3. The Kier molecular flexibility index (Phi) is 3.47. The van der Waals surface area contributed by atoms with Crippen LogP contribution < -0.4 is 10.3 Å². The molecule has 8 heteroatoms. The number of methoxy groups -OCH3 is 1. The molecule has 0 unspecified atom stereocenters. The Hall–Kier alpha value is -2.38. The highest BCUT2D eigenvalue weighted by atomic mass is 19.4. The van der Waals surface area contributed by atoms with Gasteiger partial charge in [0.2, 0.25) is 5.82 Å². The maximum atomic E-state index is 13.8. The van der Waals surface area contributed by atoms with Crippen molar-refractivity contribution in [3.8, 4) is 17.0 Å². The number of nitrogens with one attached hydrogen (secondary N) is 1. The van der Waals surface area contributed by atoms with Gasteiger partial charge in [-0.25, -0.2) is 9.37 Å². The predicted molar refractivity (Wildman–Crippen MR) is 61.8 cm³/mol. The molecule has 0 spiro atoms. The van der Waals surface area contributed by atoms with Crippen molar-refractivity contribution >= 4 is 0 Å². The van der Waals surface area contributed by atoms with Crippen molar-refractivity contribution in [3.05, 3.63) is 46.3 Å². The molecule has 4 nitrogen and oxygen atoms in total. The zero-order valence-electron chi connectivity index (χ0n) is 10.1. The van der Waals surface area contributed by atoms with E-state index >= 15 is 0 Å². The molecule has 2 aromatic rings. The van der Waals surface area contributed by atoms with E-state index in [1.165, 1.54) is 19.2 Å². The Morgan fingerprint density at radius 3 is 2.50 bits per heavy atom. The maximum absolute atomic E-state index is 13.8. The van der Waals surface area contributed by atoms with Crippen LogP contribution in [0.15, 0.2) is 29.1 Å². The minimum atomic E-state index is -4.82. The zero-order chi connectivity index (χ0) is 14.9. The van der Waals surface area contributed by atoms with Crippen LogP contribution in [0.1, 0.15) is 5.82 Å². The van der Waals surface area contributed by atoms with Gasteiger partial charge >= 0.3 is 6.18 Å². The first-order valence-electron chi connectivity index (χ1n) is 5.34. The molecule has 0 aliphatic rings. The molecule has 0 fully saturated rings. The molecule has 1 N–H and O–H groups in total. The smallest absolute Gasteiger partial charge is 0.449 e. The summed E-state index contributed by atoms with van der Waals surface area (Å²) < 4.78 is 56.2. The lowest BCUT2D eigenvalue weighted by molar-refractivity contribution is -0.145. The van der Waals surface area contributed by atoms with E-state index < -0.39 is 29.1 Å². The molecule has 20 heavy (non-hydrogen) atoms. The van der Waals surface area contributed by atoms with Crippen LogP contribution in [0.5, 0.6) is 5.75 Å². The monoisotopic (exact) mass is 288 g/mol. The first kappa shape index (κ1) is 14.0. The lowest BCUT2D eigenvalue weighted by atomic mass is 10.1. The van der Waals surface area contributed by atoms with E-state index in [4.69, 9.17) is 4.74 Å². The van der Waals surface area contributed by atoms with E-state index in [9.17, 15) is 22.4 Å². The Balaban J connectivity index is 2.59. The average molecular weight is 288 g/mol. The fourth-order valence-corrected chi connectivity index (χ4v) is 1.56. The summed E-state index contributed by atoms with van der Waals surface area (Å²) >= 11 is 0. The molecule has 0 bridgehead atoms. The van der Waals surface area contributed by atoms with Crippen LogP contribution in [0.3, 0.4) is 0 Å². The fourth-order valence-electron chi connectivity index (χ4n) is 1.56. The number of hydrogen-bond donors (Lipinski definition) is 1. The van der Waals surface area contributed by atoms with E-state index in [0.29, 0.717) is 0 Å². The molecule has 0 saturated heterocycles. The van der Waals surface area contributed by atoms with Crippen molar-refractivity contribution in [1.29, 1.82) is 0 Å². The number of rotatable bonds is 2. The Morgan fingerprint density at radius 1 is 1.25 bits per heavy atom. The molecule has 0 atom stereocenters. The summed E-state index contributed by atoms with van der Waals surface area (Å²) in [6.07, 6.45) is -4.82. The van der Waals surface area contributed by atoms with Gasteiger partial charge in [-0.1, -0.05) is 0 Å². The van der Waals surface area contributed by atoms with Crippen LogP contribution in [0.25, 0.3) is 11.3 Å². The topological polar surface area (TPSA) is 55.0 Å². The Morgan fingerprint density at radius 2 is 1.95 bits per heavy atom. The molecule has 1 heterocycles. The number of halogens is 4. The van der Waals surface area contributed by atoms with Gasteiger partial charge in [-0.15, -0.1) is 0 Å². The van der Waals surface area contributed by atoms with E-state index in [-0.39, 0.29) is 11.3 Å². The van der Waals surface area contributed by atoms with Crippen molar-refractivity contribution in [3.63, 3.8) is 0 Å². The average Bonchev–Trinajstić information content (AvgIpc) is 2.36. The SMILES string of the molecule is COc1ccc(-c2cc(=O)[nH]c(C(F)(F)F)n2)c(F)c1. The van der Waals surface area contributed by atoms with Crippen LogP contribution >= 0.6 is 0 Å². The molecule has 1 aromatic carbocycles. The predicted octanol–water partition coefficient (Wildman–Crippen LogP) is 2.60. The van der Waals surface area contributed by atoms with Gasteiger partial charge in [0.05, 0.1) is 12.8 Å². The molecular formula is C12H8F4N2O2. The highest BCUT2D eigenvalue weighted by Crippen LogP contribution is 2.28. The normalized spacial score (nSPS) is 11.4. The van der Waals surface area contributed by atoms with Gasteiger partial charge in [-0.2, -0.15) is 13.2 Å². The van der Waals surface area contributed by atoms with E-state index in [1.54, 1.807) is 4.98 Å². The third-order valence-electron chi connectivity index (χ3n) is 2.46. The number of alkyl halides is 3. The first-order chi connectivity index (χ1) is 9.31. The first-order valence-corrected chi connectivity index (χ1v) is 5.34. The van der Waals surface area contributed by atoms with Gasteiger partial charge in [0.15, 0.2) is 0 Å². The van der Waals surface area contributed by atoms with Crippen molar-refractivity contribution in [1.82, 2.24) is 9.97 Å². The van der Waals surface area contributed by atoms with Crippen molar-refractivity contribution in [2.24, 2.45) is 0 Å². The van der Waals surface area contributed by atoms with E-state index in [1.807, 2.05) is 0 Å². The summed E-state index contributed by atoms with van der Waals surface area (Å²) in [6.45, 7) is 0. The Bertz CT molecular complexity index is 695. The molecule has 0 aliphatic heterocycles. The van der Waals surface area contributed by atoms with Crippen LogP contribution in [-0.2, 0) is 6.18 Å². The summed E-state index contributed by atoms with van der Waals surface area (Å²) in [4.78, 5) is 16.0. The van der Waals surface area contributed by atoms with Gasteiger partial charge in [0.25, 0.3) is 5.56 Å². The minimum absolute atomic E-state index is 0.201. The third-order valence-corrected chi connectivity index (χ3v) is 2.46. The molecule has 106 valence electrons. The van der Waals surface area contributed by atoms with Crippen LogP contribution in [0, 0.1) is 5.82 Å². The number of ether oxygens (including phenoxy) is 1. The highest BCUT2D eigenvalue weighted by molar-refractivity contribution is 5.60. The summed E-state index contributed by atoms with van der Waals surface area (Å²) in [5, 5.41) is 0. The fraction of sp³-hybridized carbons (Fsp3) is 0.167. The lowest BCUT2D eigenvalue weighted by Gasteiger charge is -2.08. The number of H-pyrrole nitrogens is 1. The third kappa shape index (κ3) is 2.79. The number of aromatic amines is 1. The summed E-state index contributed by atoms with van der Waals surface area (Å²) in [5.41, 5.74) is -1.64. The van der Waals surface area contributed by atoms with Gasteiger partial charge in [0, 0.05) is 17.7 Å². The minimum Gasteiger partial charge on any atom is -0.497 e. The number of benzene rings is 1. The second kappa shape index (κ2) is 4.95. The molecule has 2 rings (SSSR count). The molecule has 0 aliphatic carbocycles. The van der Waals surface area contributed by atoms with Gasteiger partial charge in [0.1, 0.15) is 11.6 Å². The van der Waals surface area contributed by atoms with Gasteiger partial charge < -0.3 is 9.72 Å². The van der Waals surface area contributed by atoms with Crippen LogP contribution in [0.2, 0.25) is 0 Å². The number of aromatic nitrogens is 2. The summed E-state index contributed by atoms with van der Waals surface area (Å²) in [6, 6.07) is 4.33. The Labute approximate surface area is 110 Å². The highest BCUT2D eigenvalue weighted by Gasteiger charge is 2.34. The molecule has 0 radical (unpaired) electrons. The summed E-state index contributed by atoms with van der Waals surface area (Å²) in [7, 11) is 1.32. The molecule has 0 amide bonds. The van der Waals surface area contributed by atoms with Gasteiger partial charge in [-0.05, 0) is 12.1 Å². The van der Waals surface area contributed by atoms with E-state index in [0.717, 1.165) is 12.1 Å². The van der Waals surface area contributed by atoms with Crippen molar-refractivity contribution < 1.29 is 22.3 Å². The zero-order valence-corrected chi connectivity index (χ0v) is 10.1. The lowest BCUT2D eigenvalue weighted by Crippen LogP contribution is -2.19. The van der Waals surface area contributed by atoms with Crippen molar-refractivity contribution in [2.75, 3.05) is 7.11 Å². The van der Waals surface area contributed by atoms with E-state index in [2.05, 4.69) is 4.98 Å². The quantitative estimate of drug-likeness (QED) is 0.864. The van der Waals surface area contributed by atoms with Crippen LogP contribution in [-0.4, -0.2) is 17.1 Å².